The Balaban J connectivity index is 2.44. The van der Waals surface area contributed by atoms with Gasteiger partial charge in [0.2, 0.25) is 5.91 Å². The lowest BCUT2D eigenvalue weighted by Gasteiger charge is -2.01. The minimum absolute atomic E-state index is 0.198. The van der Waals surface area contributed by atoms with E-state index in [0.717, 1.165) is 5.56 Å². The molecule has 1 amide bonds. The summed E-state index contributed by atoms with van der Waals surface area (Å²) in [6.07, 6.45) is 0. The molecule has 15 heavy (non-hydrogen) atoms. The second-order valence-electron chi connectivity index (χ2n) is 2.87. The number of amides is 1. The number of rotatable bonds is 4. The van der Waals surface area contributed by atoms with E-state index in [-0.39, 0.29) is 5.91 Å². The number of benzene rings is 1. The summed E-state index contributed by atoms with van der Waals surface area (Å²) in [5.41, 5.74) is 3.73. The van der Waals surface area contributed by atoms with Crippen LogP contribution in [-0.2, 0) is 10.5 Å². The molecule has 78 valence electrons. The van der Waals surface area contributed by atoms with Gasteiger partial charge in [-0.05, 0) is 17.7 Å². The van der Waals surface area contributed by atoms with Crippen LogP contribution in [0.5, 0.6) is 0 Å². The molecule has 0 radical (unpaired) electrons. The molecular formula is C10H11N3OS. The lowest BCUT2D eigenvalue weighted by Crippen LogP contribution is -2.31. The van der Waals surface area contributed by atoms with Crippen LogP contribution in [0.15, 0.2) is 24.3 Å². The van der Waals surface area contributed by atoms with Gasteiger partial charge in [-0.3, -0.25) is 10.2 Å². The SMILES string of the molecule is N#Cc1cccc(CSCC(=O)NN)c1. The number of hydrazine groups is 1. The molecule has 1 aromatic rings. The van der Waals surface area contributed by atoms with Crippen LogP contribution >= 0.6 is 11.8 Å². The van der Waals surface area contributed by atoms with Crippen LogP contribution in [0.1, 0.15) is 11.1 Å². The summed E-state index contributed by atoms with van der Waals surface area (Å²) < 4.78 is 0. The predicted molar refractivity (Wildman–Crippen MR) is 59.6 cm³/mol. The topological polar surface area (TPSA) is 78.9 Å². The Morgan fingerprint density at radius 1 is 1.60 bits per heavy atom. The Hall–Kier alpha value is -1.51. The fraction of sp³-hybridized carbons (Fsp3) is 0.200. The second kappa shape index (κ2) is 6.06. The summed E-state index contributed by atoms with van der Waals surface area (Å²) in [4.78, 5) is 10.8. The van der Waals surface area contributed by atoms with Gasteiger partial charge >= 0.3 is 0 Å². The molecule has 0 aromatic heterocycles. The Bertz CT molecular complexity index is 386. The van der Waals surface area contributed by atoms with Crippen LogP contribution in [-0.4, -0.2) is 11.7 Å². The number of carbonyl (C=O) groups is 1. The highest BCUT2D eigenvalue weighted by molar-refractivity contribution is 7.99. The normalized spacial score (nSPS) is 9.33. The highest BCUT2D eigenvalue weighted by Crippen LogP contribution is 2.12. The highest BCUT2D eigenvalue weighted by atomic mass is 32.2. The zero-order chi connectivity index (χ0) is 11.1. The summed E-state index contributed by atoms with van der Waals surface area (Å²) in [5.74, 6) is 5.77. The largest absolute Gasteiger partial charge is 0.294 e. The van der Waals surface area contributed by atoms with E-state index in [1.807, 2.05) is 18.2 Å². The van der Waals surface area contributed by atoms with Crippen LogP contribution in [0.3, 0.4) is 0 Å². The summed E-state index contributed by atoms with van der Waals surface area (Å²) in [5, 5.41) is 8.68. The Morgan fingerprint density at radius 2 is 2.40 bits per heavy atom. The van der Waals surface area contributed by atoms with Crippen molar-refractivity contribution < 1.29 is 4.79 Å². The van der Waals surface area contributed by atoms with Crippen LogP contribution in [0.4, 0.5) is 0 Å². The van der Waals surface area contributed by atoms with Gasteiger partial charge in [0, 0.05) is 5.75 Å². The summed E-state index contributed by atoms with van der Waals surface area (Å²) >= 11 is 1.46. The number of carbonyl (C=O) groups excluding carboxylic acids is 1. The Labute approximate surface area is 92.4 Å². The molecule has 0 saturated heterocycles. The molecule has 0 fully saturated rings. The number of nitriles is 1. The standard InChI is InChI=1S/C10H11N3OS/c11-5-8-2-1-3-9(4-8)6-15-7-10(14)13-12/h1-4H,6-7,12H2,(H,13,14). The number of nitrogens with zero attached hydrogens (tertiary/aromatic N) is 1. The molecule has 0 aliphatic heterocycles. The number of hydrogen-bond donors (Lipinski definition) is 2. The van der Waals surface area contributed by atoms with Gasteiger partial charge in [0.05, 0.1) is 17.4 Å². The van der Waals surface area contributed by atoms with Crippen molar-refractivity contribution in [1.82, 2.24) is 5.43 Å². The van der Waals surface area contributed by atoms with Gasteiger partial charge in [-0.2, -0.15) is 5.26 Å². The predicted octanol–water partition coefficient (Wildman–Crippen LogP) is 0.781. The maximum atomic E-state index is 10.8. The van der Waals surface area contributed by atoms with E-state index in [4.69, 9.17) is 11.1 Å². The number of hydrogen-bond acceptors (Lipinski definition) is 4. The summed E-state index contributed by atoms with van der Waals surface area (Å²) in [6.45, 7) is 0. The molecule has 0 atom stereocenters. The lowest BCUT2D eigenvalue weighted by molar-refractivity contribution is -0.118. The molecule has 0 unspecified atom stereocenters. The third-order valence-electron chi connectivity index (χ3n) is 1.72. The average Bonchev–Trinajstić information content (AvgIpc) is 2.29. The fourth-order valence-corrected chi connectivity index (χ4v) is 1.82. The zero-order valence-corrected chi connectivity index (χ0v) is 8.88. The molecule has 1 aromatic carbocycles. The lowest BCUT2D eigenvalue weighted by atomic mass is 10.2. The van der Waals surface area contributed by atoms with E-state index in [2.05, 4.69) is 11.5 Å². The first-order valence-electron chi connectivity index (χ1n) is 4.32. The fourth-order valence-electron chi connectivity index (χ4n) is 1.03. The molecule has 0 heterocycles. The molecule has 5 heteroatoms. The molecule has 4 nitrogen and oxygen atoms in total. The van der Waals surface area contributed by atoms with E-state index in [1.54, 1.807) is 6.07 Å². The molecule has 0 bridgehead atoms. The first kappa shape index (κ1) is 11.6. The molecule has 3 N–H and O–H groups in total. The molecule has 0 spiro atoms. The third-order valence-corrected chi connectivity index (χ3v) is 2.72. The maximum absolute atomic E-state index is 10.8. The first-order chi connectivity index (χ1) is 7.26. The van der Waals surface area contributed by atoms with Crippen molar-refractivity contribution in [1.29, 1.82) is 5.26 Å². The second-order valence-corrected chi connectivity index (χ2v) is 3.86. The molecule has 0 aliphatic carbocycles. The van der Waals surface area contributed by atoms with Crippen molar-refractivity contribution in [3.63, 3.8) is 0 Å². The van der Waals surface area contributed by atoms with Gasteiger partial charge in [-0.15, -0.1) is 11.8 Å². The van der Waals surface area contributed by atoms with E-state index >= 15 is 0 Å². The van der Waals surface area contributed by atoms with Gasteiger partial charge in [-0.25, -0.2) is 5.84 Å². The van der Waals surface area contributed by atoms with E-state index in [9.17, 15) is 4.79 Å². The molecule has 0 saturated carbocycles. The molecule has 0 aliphatic rings. The highest BCUT2D eigenvalue weighted by Gasteiger charge is 2.00. The quantitative estimate of drug-likeness (QED) is 0.447. The monoisotopic (exact) mass is 221 g/mol. The van der Waals surface area contributed by atoms with Crippen molar-refractivity contribution in [2.24, 2.45) is 5.84 Å². The van der Waals surface area contributed by atoms with Gasteiger partial charge < -0.3 is 0 Å². The van der Waals surface area contributed by atoms with E-state index in [0.29, 0.717) is 17.1 Å². The van der Waals surface area contributed by atoms with E-state index in [1.165, 1.54) is 11.8 Å². The summed E-state index contributed by atoms with van der Waals surface area (Å²) in [7, 11) is 0. The van der Waals surface area contributed by atoms with E-state index < -0.39 is 0 Å². The van der Waals surface area contributed by atoms with Gasteiger partial charge in [0.25, 0.3) is 0 Å². The van der Waals surface area contributed by atoms with Crippen molar-refractivity contribution in [2.75, 3.05) is 5.75 Å². The zero-order valence-electron chi connectivity index (χ0n) is 8.06. The summed E-state index contributed by atoms with van der Waals surface area (Å²) in [6, 6.07) is 9.39. The van der Waals surface area contributed by atoms with Crippen LogP contribution in [0.2, 0.25) is 0 Å². The first-order valence-corrected chi connectivity index (χ1v) is 5.48. The maximum Gasteiger partial charge on any atom is 0.243 e. The molecular weight excluding hydrogens is 210 g/mol. The number of nitrogens with one attached hydrogen (secondary N) is 1. The average molecular weight is 221 g/mol. The minimum Gasteiger partial charge on any atom is -0.294 e. The number of thioether (sulfide) groups is 1. The van der Waals surface area contributed by atoms with Crippen LogP contribution < -0.4 is 11.3 Å². The van der Waals surface area contributed by atoms with Crippen molar-refractivity contribution in [2.45, 2.75) is 5.75 Å². The minimum atomic E-state index is -0.198. The van der Waals surface area contributed by atoms with Crippen LogP contribution in [0.25, 0.3) is 0 Å². The number of nitrogens with two attached hydrogens (primary N) is 1. The van der Waals surface area contributed by atoms with Gasteiger partial charge in [0.1, 0.15) is 0 Å². The van der Waals surface area contributed by atoms with Crippen molar-refractivity contribution in [3.8, 4) is 6.07 Å². The third kappa shape index (κ3) is 4.02. The smallest absolute Gasteiger partial charge is 0.243 e. The van der Waals surface area contributed by atoms with Crippen LogP contribution in [0, 0.1) is 11.3 Å². The van der Waals surface area contributed by atoms with Crippen molar-refractivity contribution in [3.05, 3.63) is 35.4 Å². The van der Waals surface area contributed by atoms with Crippen molar-refractivity contribution >= 4 is 17.7 Å². The molecule has 1 rings (SSSR count). The Morgan fingerprint density at radius 3 is 3.07 bits per heavy atom. The van der Waals surface area contributed by atoms with Gasteiger partial charge in [-0.1, -0.05) is 12.1 Å². The van der Waals surface area contributed by atoms with Gasteiger partial charge in [0.15, 0.2) is 0 Å². The Kier molecular flexibility index (Phi) is 4.68.